The largest absolute Gasteiger partial charge is 0.394 e. The van der Waals surface area contributed by atoms with E-state index in [1.807, 2.05) is 5.43 Å². The Kier molecular flexibility index (Phi) is 4.78. The van der Waals surface area contributed by atoms with Gasteiger partial charge in [-0.05, 0) is 17.7 Å². The lowest BCUT2D eigenvalue weighted by Crippen LogP contribution is -2.65. The minimum Gasteiger partial charge on any atom is -0.394 e. The summed E-state index contributed by atoms with van der Waals surface area (Å²) >= 11 is 0. The maximum Gasteiger partial charge on any atom is 0.265 e. The average molecular weight is 314 g/mol. The van der Waals surface area contributed by atoms with Gasteiger partial charge in [0.05, 0.1) is 6.61 Å². The zero-order valence-electron chi connectivity index (χ0n) is 11.5. The van der Waals surface area contributed by atoms with E-state index in [9.17, 15) is 25.2 Å². The van der Waals surface area contributed by atoms with Crippen molar-refractivity contribution >= 4 is 5.91 Å². The Labute approximate surface area is 125 Å². The molecule has 1 aromatic carbocycles. The molecular weight excluding hydrogens is 296 g/mol. The van der Waals surface area contributed by atoms with Crippen LogP contribution in [0.5, 0.6) is 0 Å². The van der Waals surface area contributed by atoms with Gasteiger partial charge in [-0.15, -0.1) is 0 Å². The summed E-state index contributed by atoms with van der Waals surface area (Å²) in [6, 6.07) is 5.24. The topological polar surface area (TPSA) is 166 Å². The quantitative estimate of drug-likeness (QED) is 0.175. The second-order valence-electron chi connectivity index (χ2n) is 5.01. The summed E-state index contributed by atoms with van der Waals surface area (Å²) in [5.41, 5.74) is -0.0951. The summed E-state index contributed by atoms with van der Waals surface area (Å²) in [6.07, 6.45) is -6.61. The number of aliphatic hydroxyl groups excluding tert-OH is 4. The number of benzene rings is 1. The Hall–Kier alpha value is -1.59. The highest BCUT2D eigenvalue weighted by Crippen LogP contribution is 2.37. The van der Waals surface area contributed by atoms with Crippen LogP contribution < -0.4 is 11.3 Å². The van der Waals surface area contributed by atoms with Crippen LogP contribution in [-0.2, 0) is 10.3 Å². The first kappa shape index (κ1) is 16.8. The average Bonchev–Trinajstić information content (AvgIpc) is 2.55. The lowest BCUT2D eigenvalue weighted by Gasteiger charge is -2.46. The van der Waals surface area contributed by atoms with Crippen LogP contribution in [0.25, 0.3) is 0 Å². The van der Waals surface area contributed by atoms with Crippen LogP contribution in [0.3, 0.4) is 0 Å². The first-order chi connectivity index (χ1) is 10.4. The molecule has 1 unspecified atom stereocenters. The number of amides is 1. The van der Waals surface area contributed by atoms with Gasteiger partial charge in [-0.1, -0.05) is 12.1 Å². The van der Waals surface area contributed by atoms with Gasteiger partial charge in [0.25, 0.3) is 5.91 Å². The Morgan fingerprint density at radius 2 is 1.82 bits per heavy atom. The van der Waals surface area contributed by atoms with Gasteiger partial charge in [0.15, 0.2) is 6.29 Å². The number of hydrogen-bond acceptors (Lipinski definition) is 8. The number of hydrazine groups is 1. The molecule has 0 aromatic heterocycles. The van der Waals surface area contributed by atoms with Crippen LogP contribution in [0.4, 0.5) is 0 Å². The van der Waals surface area contributed by atoms with Gasteiger partial charge in [-0.25, -0.2) is 5.84 Å². The molecule has 0 saturated carbocycles. The van der Waals surface area contributed by atoms with Crippen molar-refractivity contribution in [3.05, 3.63) is 35.4 Å². The molecule has 1 heterocycles. The summed E-state index contributed by atoms with van der Waals surface area (Å²) in [4.78, 5) is 11.4. The third-order valence-corrected chi connectivity index (χ3v) is 3.76. The summed E-state index contributed by atoms with van der Waals surface area (Å²) in [7, 11) is 0. The zero-order valence-corrected chi connectivity index (χ0v) is 11.5. The number of nitrogen functional groups attached to an aromatic ring is 1. The molecule has 9 heteroatoms. The van der Waals surface area contributed by atoms with E-state index in [0.29, 0.717) is 0 Å². The molecule has 5 atom stereocenters. The first-order valence-electron chi connectivity index (χ1n) is 6.50. The predicted molar refractivity (Wildman–Crippen MR) is 72.0 cm³/mol. The Bertz CT molecular complexity index is 538. The maximum absolute atomic E-state index is 11.4. The number of rotatable bonds is 3. The van der Waals surface area contributed by atoms with E-state index in [0.717, 1.165) is 0 Å². The van der Waals surface area contributed by atoms with Crippen molar-refractivity contribution in [2.45, 2.75) is 30.2 Å². The summed E-state index contributed by atoms with van der Waals surface area (Å²) < 4.78 is 4.82. The minimum absolute atomic E-state index is 0.0434. The van der Waals surface area contributed by atoms with Crippen molar-refractivity contribution in [1.29, 1.82) is 0 Å². The second-order valence-corrected chi connectivity index (χ2v) is 5.01. The Morgan fingerprint density at radius 3 is 2.32 bits per heavy atom. The second kappa shape index (κ2) is 6.26. The molecule has 0 spiro atoms. The maximum atomic E-state index is 11.4. The van der Waals surface area contributed by atoms with E-state index in [1.54, 1.807) is 0 Å². The van der Waals surface area contributed by atoms with Crippen molar-refractivity contribution in [3.63, 3.8) is 0 Å². The van der Waals surface area contributed by atoms with Gasteiger partial charge in [-0.3, -0.25) is 10.2 Å². The smallest absolute Gasteiger partial charge is 0.265 e. The van der Waals surface area contributed by atoms with E-state index in [2.05, 4.69) is 0 Å². The molecule has 1 amide bonds. The SMILES string of the molecule is NNC(=O)c1ccc([C@@]2(O)[C@@H](O)C(O)O[C@H](CO)[C@@H]2O)cc1. The van der Waals surface area contributed by atoms with Crippen molar-refractivity contribution < 1.29 is 35.1 Å². The number of aliphatic hydroxyl groups is 5. The van der Waals surface area contributed by atoms with Gasteiger partial charge < -0.3 is 30.3 Å². The lowest BCUT2D eigenvalue weighted by molar-refractivity contribution is -0.326. The molecule has 9 nitrogen and oxygen atoms in total. The summed E-state index contributed by atoms with van der Waals surface area (Å²) in [5.74, 6) is 4.45. The molecule has 8 N–H and O–H groups in total. The van der Waals surface area contributed by atoms with E-state index in [4.69, 9.17) is 15.7 Å². The number of carbonyl (C=O) groups excluding carboxylic acids is 1. The van der Waals surface area contributed by atoms with Gasteiger partial charge in [0.1, 0.15) is 23.9 Å². The van der Waals surface area contributed by atoms with Gasteiger partial charge >= 0.3 is 0 Å². The number of nitrogens with one attached hydrogen (secondary N) is 1. The summed E-state index contributed by atoms with van der Waals surface area (Å²) in [5, 5.41) is 49.6. The molecule has 1 aliphatic heterocycles. The number of nitrogens with two attached hydrogens (primary N) is 1. The molecule has 22 heavy (non-hydrogen) atoms. The molecule has 1 saturated heterocycles. The number of ether oxygens (including phenoxy) is 1. The van der Waals surface area contributed by atoms with E-state index in [-0.39, 0.29) is 11.1 Å². The third kappa shape index (κ3) is 2.59. The van der Waals surface area contributed by atoms with E-state index in [1.165, 1.54) is 24.3 Å². The molecule has 0 aliphatic carbocycles. The first-order valence-corrected chi connectivity index (χ1v) is 6.50. The van der Waals surface area contributed by atoms with Crippen LogP contribution >= 0.6 is 0 Å². The van der Waals surface area contributed by atoms with Crippen molar-refractivity contribution in [1.82, 2.24) is 5.43 Å². The fraction of sp³-hybridized carbons (Fsp3) is 0.462. The molecule has 1 fully saturated rings. The van der Waals surface area contributed by atoms with Crippen LogP contribution in [-0.4, -0.2) is 62.6 Å². The molecule has 122 valence electrons. The van der Waals surface area contributed by atoms with E-state index >= 15 is 0 Å². The number of carbonyl (C=O) groups is 1. The molecule has 2 rings (SSSR count). The minimum atomic E-state index is -2.28. The fourth-order valence-electron chi connectivity index (χ4n) is 2.46. The number of hydrogen-bond donors (Lipinski definition) is 7. The van der Waals surface area contributed by atoms with Crippen molar-refractivity contribution in [3.8, 4) is 0 Å². The predicted octanol–water partition coefficient (Wildman–Crippen LogP) is -3.09. The van der Waals surface area contributed by atoms with Crippen LogP contribution in [0.2, 0.25) is 0 Å². The van der Waals surface area contributed by atoms with Gasteiger partial charge in [0.2, 0.25) is 0 Å². The fourth-order valence-corrected chi connectivity index (χ4v) is 2.46. The standard InChI is InChI=1S/C13H18N2O7/c14-15-11(19)6-1-3-7(4-2-6)13(21)9(17)8(5-16)22-12(20)10(13)18/h1-4,8-10,12,16-18,20-21H,5,14H2,(H,15,19)/t8-,9+,10+,12?,13+/m1/s1. The highest BCUT2D eigenvalue weighted by Gasteiger charge is 2.55. The molecule has 0 radical (unpaired) electrons. The highest BCUT2D eigenvalue weighted by atomic mass is 16.6. The van der Waals surface area contributed by atoms with Crippen molar-refractivity contribution in [2.75, 3.05) is 6.61 Å². The van der Waals surface area contributed by atoms with Gasteiger partial charge in [0, 0.05) is 5.56 Å². The lowest BCUT2D eigenvalue weighted by atomic mass is 9.78. The van der Waals surface area contributed by atoms with Crippen molar-refractivity contribution in [2.24, 2.45) is 5.84 Å². The van der Waals surface area contributed by atoms with Crippen LogP contribution in [0, 0.1) is 0 Å². The zero-order chi connectivity index (χ0) is 16.5. The van der Waals surface area contributed by atoms with Gasteiger partial charge in [-0.2, -0.15) is 0 Å². The summed E-state index contributed by atoms with van der Waals surface area (Å²) in [6.45, 7) is -0.666. The molecule has 1 aromatic rings. The van der Waals surface area contributed by atoms with Crippen LogP contribution in [0.1, 0.15) is 15.9 Å². The van der Waals surface area contributed by atoms with Crippen LogP contribution in [0.15, 0.2) is 24.3 Å². The molecular formula is C13H18N2O7. The van der Waals surface area contributed by atoms with E-state index < -0.39 is 42.7 Å². The highest BCUT2D eigenvalue weighted by molar-refractivity contribution is 5.93. The Morgan fingerprint density at radius 1 is 1.23 bits per heavy atom. The normalized spacial score (nSPS) is 35.2. The molecule has 0 bridgehead atoms. The Balaban J connectivity index is 2.40. The monoisotopic (exact) mass is 314 g/mol. The third-order valence-electron chi connectivity index (χ3n) is 3.76. The molecule has 1 aliphatic rings.